The molecule has 0 aromatic carbocycles. The average molecular weight is 721 g/mol. The van der Waals surface area contributed by atoms with Crippen molar-refractivity contribution in [1.82, 2.24) is 19.1 Å². The number of carbonyl (C=O) groups excluding carboxylic acids is 2. The van der Waals surface area contributed by atoms with Crippen molar-refractivity contribution in [2.75, 3.05) is 26.4 Å². The van der Waals surface area contributed by atoms with Gasteiger partial charge in [0.05, 0.1) is 33.6 Å². The molecule has 0 saturated heterocycles. The third-order valence-corrected chi connectivity index (χ3v) is 12.8. The van der Waals surface area contributed by atoms with E-state index in [9.17, 15) is 9.59 Å². The monoisotopic (exact) mass is 720 g/mol. The van der Waals surface area contributed by atoms with E-state index in [1.807, 2.05) is 33.4 Å². The molecule has 5 aromatic heterocycles. The van der Waals surface area contributed by atoms with E-state index in [1.54, 1.807) is 38.6 Å². The lowest BCUT2D eigenvalue weighted by atomic mass is 10.1. The first-order valence-corrected chi connectivity index (χ1v) is 25.1. The van der Waals surface area contributed by atoms with Gasteiger partial charge in [0.25, 0.3) is 0 Å². The van der Waals surface area contributed by atoms with Gasteiger partial charge in [-0.1, -0.05) is 39.3 Å². The SMILES string of the molecule is CCOC(=O)c1c(-c2ccncc2)c2sc3c(-c4ccncc4)c(C(=O)OCC)n(COCC[Si](C)(C)C)c3c2n1COCC[Si](C)(C)C. The number of carbonyl (C=O) groups is 2. The lowest BCUT2D eigenvalue weighted by Crippen LogP contribution is -2.23. The number of fused-ring (bicyclic) bond motifs is 3. The second-order valence-electron chi connectivity index (χ2n) is 14.4. The summed E-state index contributed by atoms with van der Waals surface area (Å²) in [6, 6.07) is 9.56. The van der Waals surface area contributed by atoms with Crippen molar-refractivity contribution in [3.63, 3.8) is 0 Å². The van der Waals surface area contributed by atoms with Crippen molar-refractivity contribution in [2.45, 2.75) is 78.7 Å². The van der Waals surface area contributed by atoms with Gasteiger partial charge >= 0.3 is 11.9 Å². The molecule has 0 amide bonds. The van der Waals surface area contributed by atoms with Crippen LogP contribution in [0.4, 0.5) is 0 Å². The maximum Gasteiger partial charge on any atom is 0.355 e. The summed E-state index contributed by atoms with van der Waals surface area (Å²) in [4.78, 5) is 36.3. The first-order valence-electron chi connectivity index (χ1n) is 16.9. The number of esters is 2. The molecule has 0 atom stereocenters. The Balaban J connectivity index is 1.87. The van der Waals surface area contributed by atoms with Crippen molar-refractivity contribution in [2.24, 2.45) is 0 Å². The molecule has 262 valence electrons. The number of hydrogen-bond acceptors (Lipinski definition) is 9. The molecule has 0 aliphatic heterocycles. The Hall–Kier alpha value is -3.63. The largest absolute Gasteiger partial charge is 0.461 e. The second kappa shape index (κ2) is 15.5. The van der Waals surface area contributed by atoms with E-state index in [-0.39, 0.29) is 26.7 Å². The van der Waals surface area contributed by atoms with E-state index < -0.39 is 28.1 Å². The van der Waals surface area contributed by atoms with Crippen molar-refractivity contribution >= 4 is 59.9 Å². The fourth-order valence-electron chi connectivity index (χ4n) is 5.68. The summed E-state index contributed by atoms with van der Waals surface area (Å²) < 4.78 is 29.7. The molecule has 0 radical (unpaired) electrons. The van der Waals surface area contributed by atoms with Gasteiger partial charge in [-0.2, -0.15) is 0 Å². The van der Waals surface area contributed by atoms with Crippen molar-refractivity contribution in [1.29, 1.82) is 0 Å². The van der Waals surface area contributed by atoms with Gasteiger partial charge in [0.15, 0.2) is 0 Å². The lowest BCUT2D eigenvalue weighted by molar-refractivity contribution is 0.0469. The molecule has 10 nitrogen and oxygen atoms in total. The Morgan fingerprint density at radius 1 is 0.653 bits per heavy atom. The highest BCUT2D eigenvalue weighted by molar-refractivity contribution is 7.27. The van der Waals surface area contributed by atoms with Crippen LogP contribution in [0.5, 0.6) is 0 Å². The van der Waals surface area contributed by atoms with Crippen LogP contribution in [0.2, 0.25) is 51.4 Å². The van der Waals surface area contributed by atoms with Gasteiger partial charge in [-0.3, -0.25) is 9.97 Å². The molecule has 0 unspecified atom stereocenters. The molecule has 49 heavy (non-hydrogen) atoms. The van der Waals surface area contributed by atoms with Crippen LogP contribution in [0.15, 0.2) is 49.1 Å². The molecule has 0 aliphatic carbocycles. The van der Waals surface area contributed by atoms with Gasteiger partial charge in [0.1, 0.15) is 24.8 Å². The number of aromatic nitrogens is 4. The number of hydrogen-bond donors (Lipinski definition) is 0. The third kappa shape index (κ3) is 8.23. The Labute approximate surface area is 294 Å². The Morgan fingerprint density at radius 2 is 1.02 bits per heavy atom. The zero-order chi connectivity index (χ0) is 35.3. The maximum atomic E-state index is 13.9. The summed E-state index contributed by atoms with van der Waals surface area (Å²) in [5.74, 6) is -0.881. The minimum absolute atomic E-state index is 0.132. The molecule has 5 heterocycles. The molecule has 0 saturated carbocycles. The van der Waals surface area contributed by atoms with E-state index in [0.717, 1.165) is 54.8 Å². The van der Waals surface area contributed by atoms with Gasteiger partial charge in [0, 0.05) is 65.3 Å². The van der Waals surface area contributed by atoms with Gasteiger partial charge in [-0.25, -0.2) is 9.59 Å². The van der Waals surface area contributed by atoms with Crippen LogP contribution in [-0.4, -0.2) is 73.6 Å². The lowest BCUT2D eigenvalue weighted by Gasteiger charge is -2.18. The van der Waals surface area contributed by atoms with Crippen LogP contribution in [0.1, 0.15) is 34.8 Å². The summed E-state index contributed by atoms with van der Waals surface area (Å²) >= 11 is 1.54. The summed E-state index contributed by atoms with van der Waals surface area (Å²) in [5.41, 5.74) is 5.53. The van der Waals surface area contributed by atoms with Gasteiger partial charge in [0.2, 0.25) is 0 Å². The number of nitrogens with zero attached hydrogens (tertiary/aromatic N) is 4. The highest BCUT2D eigenvalue weighted by Gasteiger charge is 2.34. The molecular formula is C36H48N4O6SSi2. The van der Waals surface area contributed by atoms with Gasteiger partial charge in [-0.05, 0) is 61.3 Å². The molecular weight excluding hydrogens is 673 g/mol. The number of pyridine rings is 2. The van der Waals surface area contributed by atoms with E-state index in [4.69, 9.17) is 18.9 Å². The highest BCUT2D eigenvalue weighted by atomic mass is 32.1. The smallest absolute Gasteiger partial charge is 0.355 e. The third-order valence-electron chi connectivity index (χ3n) is 8.18. The Kier molecular flexibility index (Phi) is 11.6. The molecule has 0 aliphatic rings. The van der Waals surface area contributed by atoms with E-state index >= 15 is 0 Å². The summed E-state index contributed by atoms with van der Waals surface area (Å²) in [5, 5.41) is 0. The van der Waals surface area contributed by atoms with Crippen LogP contribution in [0.3, 0.4) is 0 Å². The first-order chi connectivity index (χ1) is 23.4. The second-order valence-corrected chi connectivity index (χ2v) is 26.6. The van der Waals surface area contributed by atoms with E-state index in [0.29, 0.717) is 24.6 Å². The topological polar surface area (TPSA) is 107 Å². The van der Waals surface area contributed by atoms with Crippen molar-refractivity contribution in [3.8, 4) is 22.3 Å². The van der Waals surface area contributed by atoms with E-state index in [2.05, 4.69) is 49.3 Å². The van der Waals surface area contributed by atoms with E-state index in [1.165, 1.54) is 11.3 Å². The molecule has 5 rings (SSSR count). The standard InChI is InChI=1S/C36H48N4O6SSi2/c1-9-45-35(41)29-27(25-11-15-37-16-12-25)33-31(39(29)23-43-19-21-48(3,4)5)32-34(47-33)28(26-13-17-38-18-14-26)30(36(42)46-10-2)40(32)24-44-20-22-49(6,7)8/h11-18H,9-10,19-24H2,1-8H3. The minimum atomic E-state index is -1.38. The summed E-state index contributed by atoms with van der Waals surface area (Å²) in [7, 11) is -2.77. The average Bonchev–Trinajstić information content (AvgIpc) is 3.67. The van der Waals surface area contributed by atoms with Crippen LogP contribution < -0.4 is 0 Å². The highest BCUT2D eigenvalue weighted by Crippen LogP contribution is 2.49. The first kappa shape index (κ1) is 36.6. The van der Waals surface area contributed by atoms with Crippen LogP contribution in [-0.2, 0) is 32.4 Å². The Bertz CT molecular complexity index is 1770. The normalized spacial score (nSPS) is 12.2. The zero-order valence-electron chi connectivity index (χ0n) is 29.9. The molecule has 0 bridgehead atoms. The maximum absolute atomic E-state index is 13.9. The predicted molar refractivity (Wildman–Crippen MR) is 202 cm³/mol. The van der Waals surface area contributed by atoms with Crippen molar-refractivity contribution in [3.05, 3.63) is 60.4 Å². The minimum Gasteiger partial charge on any atom is -0.461 e. The zero-order valence-corrected chi connectivity index (χ0v) is 32.7. The van der Waals surface area contributed by atoms with Gasteiger partial charge in [-0.15, -0.1) is 11.3 Å². The van der Waals surface area contributed by atoms with Crippen LogP contribution >= 0.6 is 11.3 Å². The predicted octanol–water partition coefficient (Wildman–Crippen LogP) is 8.76. The molecule has 0 spiro atoms. The molecule has 0 fully saturated rings. The number of thiophene rings is 1. The fraction of sp³-hybridized carbons (Fsp3) is 0.444. The Morgan fingerprint density at radius 3 is 1.35 bits per heavy atom. The quantitative estimate of drug-likeness (QED) is 0.0566. The van der Waals surface area contributed by atoms with Crippen LogP contribution in [0, 0.1) is 0 Å². The van der Waals surface area contributed by atoms with Crippen molar-refractivity contribution < 1.29 is 28.5 Å². The number of rotatable bonds is 16. The molecule has 0 N–H and O–H groups in total. The van der Waals surface area contributed by atoms with Crippen LogP contribution in [0.25, 0.3) is 42.7 Å². The number of ether oxygens (including phenoxy) is 4. The fourth-order valence-corrected chi connectivity index (χ4v) is 8.64. The molecule has 5 aromatic rings. The van der Waals surface area contributed by atoms with Gasteiger partial charge < -0.3 is 28.1 Å². The summed E-state index contributed by atoms with van der Waals surface area (Å²) in [6.45, 7) is 19.3. The molecule has 13 heteroatoms. The summed E-state index contributed by atoms with van der Waals surface area (Å²) in [6.07, 6.45) is 6.89.